The predicted molar refractivity (Wildman–Crippen MR) is 69.3 cm³/mol. The van der Waals surface area contributed by atoms with Crippen LogP contribution in [0.15, 0.2) is 47.2 Å². The Hall–Kier alpha value is -1.55. The second-order valence-corrected chi connectivity index (χ2v) is 4.30. The van der Waals surface area contributed by atoms with Crippen LogP contribution in [0.3, 0.4) is 0 Å². The van der Waals surface area contributed by atoms with Gasteiger partial charge in [0.1, 0.15) is 12.4 Å². The van der Waals surface area contributed by atoms with E-state index in [0.29, 0.717) is 6.61 Å². The van der Waals surface area contributed by atoms with E-state index in [1.807, 2.05) is 30.3 Å². The zero-order chi connectivity index (χ0) is 12.1. The maximum Gasteiger partial charge on any atom is 0.152 e. The van der Waals surface area contributed by atoms with Crippen LogP contribution in [0.2, 0.25) is 0 Å². The zero-order valence-corrected chi connectivity index (χ0v) is 11.0. The van der Waals surface area contributed by atoms with Crippen molar-refractivity contribution in [2.45, 2.75) is 6.61 Å². The number of pyridine rings is 1. The molecule has 0 aliphatic carbocycles. The SMILES string of the molecule is COc1ccc(COc2cnccc2Br)cc1. The first-order chi connectivity index (χ1) is 8.29. The van der Waals surface area contributed by atoms with Crippen LogP contribution in [-0.4, -0.2) is 12.1 Å². The molecule has 1 aromatic heterocycles. The van der Waals surface area contributed by atoms with Crippen LogP contribution in [0.1, 0.15) is 5.56 Å². The number of aromatic nitrogens is 1. The normalized spacial score (nSPS) is 10.0. The van der Waals surface area contributed by atoms with Gasteiger partial charge in [-0.3, -0.25) is 4.98 Å². The summed E-state index contributed by atoms with van der Waals surface area (Å²) >= 11 is 3.41. The van der Waals surface area contributed by atoms with Gasteiger partial charge in [-0.2, -0.15) is 0 Å². The van der Waals surface area contributed by atoms with E-state index in [4.69, 9.17) is 9.47 Å². The third-order valence-electron chi connectivity index (χ3n) is 2.29. The Labute approximate surface area is 109 Å². The molecular weight excluding hydrogens is 282 g/mol. The van der Waals surface area contributed by atoms with Gasteiger partial charge in [0.15, 0.2) is 5.75 Å². The van der Waals surface area contributed by atoms with Crippen LogP contribution in [0.4, 0.5) is 0 Å². The Morgan fingerprint density at radius 2 is 1.94 bits per heavy atom. The van der Waals surface area contributed by atoms with Gasteiger partial charge in [-0.05, 0) is 39.7 Å². The number of methoxy groups -OCH3 is 1. The van der Waals surface area contributed by atoms with Gasteiger partial charge in [-0.15, -0.1) is 0 Å². The van der Waals surface area contributed by atoms with Crippen molar-refractivity contribution in [1.29, 1.82) is 0 Å². The average Bonchev–Trinajstić information content (AvgIpc) is 2.38. The summed E-state index contributed by atoms with van der Waals surface area (Å²) in [5.41, 5.74) is 1.08. The highest BCUT2D eigenvalue weighted by Gasteiger charge is 2.01. The zero-order valence-electron chi connectivity index (χ0n) is 9.39. The van der Waals surface area contributed by atoms with Crippen LogP contribution in [0.25, 0.3) is 0 Å². The Morgan fingerprint density at radius 3 is 2.59 bits per heavy atom. The van der Waals surface area contributed by atoms with Gasteiger partial charge in [-0.25, -0.2) is 0 Å². The highest BCUT2D eigenvalue weighted by molar-refractivity contribution is 9.10. The smallest absolute Gasteiger partial charge is 0.152 e. The van der Waals surface area contributed by atoms with Gasteiger partial charge in [0.25, 0.3) is 0 Å². The highest BCUT2D eigenvalue weighted by Crippen LogP contribution is 2.23. The topological polar surface area (TPSA) is 31.4 Å². The monoisotopic (exact) mass is 293 g/mol. The predicted octanol–water partition coefficient (Wildman–Crippen LogP) is 3.43. The van der Waals surface area contributed by atoms with E-state index in [9.17, 15) is 0 Å². The Morgan fingerprint density at radius 1 is 1.18 bits per heavy atom. The molecule has 0 saturated heterocycles. The largest absolute Gasteiger partial charge is 0.497 e. The van der Waals surface area contributed by atoms with Crippen molar-refractivity contribution in [2.24, 2.45) is 0 Å². The van der Waals surface area contributed by atoms with Gasteiger partial charge in [0, 0.05) is 6.20 Å². The lowest BCUT2D eigenvalue weighted by molar-refractivity contribution is 0.302. The molecule has 0 saturated carbocycles. The molecular formula is C13H12BrNO2. The number of rotatable bonds is 4. The maximum atomic E-state index is 5.65. The third-order valence-corrected chi connectivity index (χ3v) is 2.94. The summed E-state index contributed by atoms with van der Waals surface area (Å²) in [5, 5.41) is 0. The van der Waals surface area contributed by atoms with Crippen LogP contribution in [-0.2, 0) is 6.61 Å². The molecule has 2 rings (SSSR count). The molecule has 0 spiro atoms. The summed E-state index contributed by atoms with van der Waals surface area (Å²) in [4.78, 5) is 4.01. The summed E-state index contributed by atoms with van der Waals surface area (Å²) in [5.74, 6) is 1.58. The van der Waals surface area contributed by atoms with Crippen LogP contribution in [0, 0.1) is 0 Å². The van der Waals surface area contributed by atoms with Crippen molar-refractivity contribution >= 4 is 15.9 Å². The highest BCUT2D eigenvalue weighted by atomic mass is 79.9. The molecule has 0 bridgehead atoms. The second kappa shape index (κ2) is 5.68. The molecule has 0 atom stereocenters. The molecule has 0 aliphatic heterocycles. The average molecular weight is 294 g/mol. The van der Waals surface area contributed by atoms with Crippen LogP contribution in [0.5, 0.6) is 11.5 Å². The fourth-order valence-corrected chi connectivity index (χ4v) is 1.69. The molecule has 0 amide bonds. The van der Waals surface area contributed by atoms with Crippen LogP contribution >= 0.6 is 15.9 Å². The number of hydrogen-bond donors (Lipinski definition) is 0. The van der Waals surface area contributed by atoms with Gasteiger partial charge < -0.3 is 9.47 Å². The van der Waals surface area contributed by atoms with Gasteiger partial charge in [0.05, 0.1) is 17.8 Å². The molecule has 1 heterocycles. The standard InChI is InChI=1S/C13H12BrNO2/c1-16-11-4-2-10(3-5-11)9-17-13-8-15-7-6-12(13)14/h2-8H,9H2,1H3. The lowest BCUT2D eigenvalue weighted by Gasteiger charge is -2.07. The van der Waals surface area contributed by atoms with Gasteiger partial charge in [0.2, 0.25) is 0 Å². The minimum Gasteiger partial charge on any atom is -0.497 e. The van der Waals surface area contributed by atoms with Crippen molar-refractivity contribution in [1.82, 2.24) is 4.98 Å². The van der Waals surface area contributed by atoms with E-state index >= 15 is 0 Å². The maximum absolute atomic E-state index is 5.65. The van der Waals surface area contributed by atoms with Gasteiger partial charge >= 0.3 is 0 Å². The lowest BCUT2D eigenvalue weighted by atomic mass is 10.2. The Kier molecular flexibility index (Phi) is 3.98. The molecule has 0 N–H and O–H groups in total. The molecule has 4 heteroatoms. The molecule has 0 radical (unpaired) electrons. The summed E-state index contributed by atoms with van der Waals surface area (Å²) in [6.45, 7) is 0.508. The molecule has 0 unspecified atom stereocenters. The number of ether oxygens (including phenoxy) is 2. The minimum atomic E-state index is 0.508. The second-order valence-electron chi connectivity index (χ2n) is 3.44. The number of nitrogens with zero attached hydrogens (tertiary/aromatic N) is 1. The summed E-state index contributed by atoms with van der Waals surface area (Å²) in [6, 6.07) is 9.63. The van der Waals surface area contributed by atoms with Crippen molar-refractivity contribution in [3.05, 3.63) is 52.8 Å². The number of benzene rings is 1. The number of halogens is 1. The third kappa shape index (κ3) is 3.20. The quantitative estimate of drug-likeness (QED) is 0.865. The molecule has 2 aromatic rings. The van der Waals surface area contributed by atoms with Gasteiger partial charge in [-0.1, -0.05) is 12.1 Å². The first-order valence-electron chi connectivity index (χ1n) is 5.15. The van der Waals surface area contributed by atoms with E-state index in [2.05, 4.69) is 20.9 Å². The minimum absolute atomic E-state index is 0.508. The molecule has 1 aromatic carbocycles. The molecule has 0 aliphatic rings. The van der Waals surface area contributed by atoms with Crippen molar-refractivity contribution < 1.29 is 9.47 Å². The Balaban J connectivity index is 2.00. The summed E-state index contributed by atoms with van der Waals surface area (Å²) < 4.78 is 11.6. The molecule has 17 heavy (non-hydrogen) atoms. The van der Waals surface area contributed by atoms with Crippen LogP contribution < -0.4 is 9.47 Å². The first-order valence-corrected chi connectivity index (χ1v) is 5.94. The van der Waals surface area contributed by atoms with E-state index in [1.54, 1.807) is 19.5 Å². The fourth-order valence-electron chi connectivity index (χ4n) is 1.35. The van der Waals surface area contributed by atoms with Crippen molar-refractivity contribution in [2.75, 3.05) is 7.11 Å². The molecule has 3 nitrogen and oxygen atoms in total. The fraction of sp³-hybridized carbons (Fsp3) is 0.154. The van der Waals surface area contributed by atoms with E-state index in [0.717, 1.165) is 21.5 Å². The molecule has 0 fully saturated rings. The number of hydrogen-bond acceptors (Lipinski definition) is 3. The van der Waals surface area contributed by atoms with Crippen molar-refractivity contribution in [3.63, 3.8) is 0 Å². The van der Waals surface area contributed by atoms with E-state index in [1.165, 1.54) is 0 Å². The Bertz CT molecular complexity index is 485. The summed E-state index contributed by atoms with van der Waals surface area (Å²) in [7, 11) is 1.65. The van der Waals surface area contributed by atoms with E-state index in [-0.39, 0.29) is 0 Å². The first kappa shape index (κ1) is 11.9. The summed E-state index contributed by atoms with van der Waals surface area (Å²) in [6.07, 6.45) is 3.40. The lowest BCUT2D eigenvalue weighted by Crippen LogP contribution is -1.96. The molecule has 88 valence electrons. The van der Waals surface area contributed by atoms with E-state index < -0.39 is 0 Å². The van der Waals surface area contributed by atoms with Crippen molar-refractivity contribution in [3.8, 4) is 11.5 Å².